The molecule has 0 radical (unpaired) electrons. The van der Waals surface area contributed by atoms with Gasteiger partial charge in [0, 0.05) is 20.3 Å². The number of oxime groups is 1. The van der Waals surface area contributed by atoms with Crippen LogP contribution in [0.5, 0.6) is 11.5 Å². The predicted molar refractivity (Wildman–Crippen MR) is 93.4 cm³/mol. The quantitative estimate of drug-likeness (QED) is 0.220. The van der Waals surface area contributed by atoms with E-state index < -0.39 is 11.9 Å². The van der Waals surface area contributed by atoms with Gasteiger partial charge in [-0.3, -0.25) is 4.79 Å². The van der Waals surface area contributed by atoms with Crippen molar-refractivity contribution in [2.45, 2.75) is 5.92 Å². The lowest BCUT2D eigenvalue weighted by Gasteiger charge is -2.16. The SMILES string of the molecule is COCOc1cc(OCOC)cc(C(C(=O)OC)c2ccc(C=NO)o2)c1. The average Bonchev–Trinajstić information content (AvgIpc) is 3.13. The van der Waals surface area contributed by atoms with Crippen molar-refractivity contribution in [1.29, 1.82) is 0 Å². The normalized spacial score (nSPS) is 12.1. The number of methoxy groups -OCH3 is 3. The van der Waals surface area contributed by atoms with Crippen molar-refractivity contribution < 1.29 is 38.1 Å². The van der Waals surface area contributed by atoms with Crippen molar-refractivity contribution in [2.24, 2.45) is 5.16 Å². The molecule has 2 aromatic rings. The predicted octanol–water partition coefficient (Wildman–Crippen LogP) is 2.36. The molecule has 1 N–H and O–H groups in total. The van der Waals surface area contributed by atoms with Gasteiger partial charge in [0.05, 0.1) is 7.11 Å². The second-order valence-corrected chi connectivity index (χ2v) is 5.28. The first-order valence-corrected chi connectivity index (χ1v) is 7.86. The Hall–Kier alpha value is -3.04. The number of nitrogens with zero attached hydrogens (tertiary/aromatic N) is 1. The van der Waals surface area contributed by atoms with Crippen LogP contribution in [-0.4, -0.2) is 52.3 Å². The fraction of sp³-hybridized carbons (Fsp3) is 0.333. The van der Waals surface area contributed by atoms with Gasteiger partial charge in [-0.05, 0) is 29.8 Å². The molecule has 9 nitrogen and oxygen atoms in total. The van der Waals surface area contributed by atoms with E-state index >= 15 is 0 Å². The Morgan fingerprint density at radius 3 is 2.26 bits per heavy atom. The third-order valence-corrected chi connectivity index (χ3v) is 3.48. The summed E-state index contributed by atoms with van der Waals surface area (Å²) >= 11 is 0. The zero-order chi connectivity index (χ0) is 19.6. The summed E-state index contributed by atoms with van der Waals surface area (Å²) in [4.78, 5) is 12.4. The second-order valence-electron chi connectivity index (χ2n) is 5.28. The van der Waals surface area contributed by atoms with E-state index in [0.717, 1.165) is 6.21 Å². The highest BCUT2D eigenvalue weighted by Crippen LogP contribution is 2.33. The Bertz CT molecular complexity index is 744. The Kier molecular flexibility index (Phi) is 7.65. The van der Waals surface area contributed by atoms with E-state index in [-0.39, 0.29) is 19.3 Å². The van der Waals surface area contributed by atoms with E-state index in [0.29, 0.717) is 22.8 Å². The topological polar surface area (TPSA) is 109 Å². The van der Waals surface area contributed by atoms with Gasteiger partial charge in [0.25, 0.3) is 0 Å². The summed E-state index contributed by atoms with van der Waals surface area (Å²) in [7, 11) is 4.27. The highest BCUT2D eigenvalue weighted by Gasteiger charge is 2.28. The number of ether oxygens (including phenoxy) is 5. The highest BCUT2D eigenvalue weighted by atomic mass is 16.7. The van der Waals surface area contributed by atoms with Gasteiger partial charge in [-0.1, -0.05) is 5.16 Å². The number of esters is 1. The zero-order valence-electron chi connectivity index (χ0n) is 15.2. The van der Waals surface area contributed by atoms with Crippen LogP contribution in [0.3, 0.4) is 0 Å². The number of carbonyl (C=O) groups excluding carboxylic acids is 1. The van der Waals surface area contributed by atoms with Crippen LogP contribution in [0, 0.1) is 0 Å². The molecule has 0 aliphatic rings. The molecule has 0 fully saturated rings. The van der Waals surface area contributed by atoms with E-state index in [1.54, 1.807) is 30.3 Å². The lowest BCUT2D eigenvalue weighted by Crippen LogP contribution is -2.15. The highest BCUT2D eigenvalue weighted by molar-refractivity contribution is 5.82. The van der Waals surface area contributed by atoms with Gasteiger partial charge in [0.1, 0.15) is 35.2 Å². The molecule has 0 aliphatic carbocycles. The lowest BCUT2D eigenvalue weighted by atomic mass is 9.96. The minimum Gasteiger partial charge on any atom is -0.468 e. The maximum Gasteiger partial charge on any atom is 0.320 e. The standard InChI is InChI=1S/C18H21NO8/c1-22-10-25-14-6-12(7-15(8-14)26-11-23-2)17(18(20)24-3)16-5-4-13(27-16)9-19-21/h4-9,17,21H,10-11H2,1-3H3. The Balaban J connectivity index is 2.46. The molecule has 1 aromatic heterocycles. The summed E-state index contributed by atoms with van der Waals surface area (Å²) in [6, 6.07) is 8.11. The van der Waals surface area contributed by atoms with Gasteiger partial charge < -0.3 is 33.3 Å². The number of furan rings is 1. The first-order valence-electron chi connectivity index (χ1n) is 7.86. The molecule has 1 aromatic carbocycles. The third-order valence-electron chi connectivity index (χ3n) is 3.48. The van der Waals surface area contributed by atoms with E-state index in [2.05, 4.69) is 5.16 Å². The van der Waals surface area contributed by atoms with Gasteiger partial charge in [-0.2, -0.15) is 0 Å². The van der Waals surface area contributed by atoms with Crippen molar-refractivity contribution >= 4 is 12.2 Å². The monoisotopic (exact) mass is 379 g/mol. The number of hydrogen-bond acceptors (Lipinski definition) is 9. The van der Waals surface area contributed by atoms with E-state index in [4.69, 9.17) is 33.3 Å². The molecule has 1 heterocycles. The third kappa shape index (κ3) is 5.47. The first-order chi connectivity index (χ1) is 13.1. The van der Waals surface area contributed by atoms with Crippen molar-refractivity contribution in [3.05, 3.63) is 47.4 Å². The van der Waals surface area contributed by atoms with Crippen molar-refractivity contribution in [2.75, 3.05) is 34.9 Å². The summed E-state index contributed by atoms with van der Waals surface area (Å²) in [6.07, 6.45) is 1.11. The van der Waals surface area contributed by atoms with Crippen molar-refractivity contribution in [3.8, 4) is 11.5 Å². The number of benzene rings is 1. The molecule has 146 valence electrons. The van der Waals surface area contributed by atoms with E-state index in [1.807, 2.05) is 0 Å². The van der Waals surface area contributed by atoms with Crippen LogP contribution in [0.2, 0.25) is 0 Å². The van der Waals surface area contributed by atoms with Crippen LogP contribution < -0.4 is 9.47 Å². The van der Waals surface area contributed by atoms with Gasteiger partial charge in [0.15, 0.2) is 13.6 Å². The maximum atomic E-state index is 12.4. The molecule has 2 rings (SSSR count). The first kappa shape index (κ1) is 20.3. The minimum absolute atomic E-state index is 0.0218. The van der Waals surface area contributed by atoms with Crippen LogP contribution >= 0.6 is 0 Å². The van der Waals surface area contributed by atoms with E-state index in [9.17, 15) is 4.79 Å². The lowest BCUT2D eigenvalue weighted by molar-refractivity contribution is -0.141. The number of carbonyl (C=O) groups is 1. The summed E-state index contributed by atoms with van der Waals surface area (Å²) in [5.41, 5.74) is 0.517. The van der Waals surface area contributed by atoms with Gasteiger partial charge in [0.2, 0.25) is 0 Å². The smallest absolute Gasteiger partial charge is 0.320 e. The Labute approximate surface area is 156 Å². The van der Waals surface area contributed by atoms with Crippen molar-refractivity contribution in [1.82, 2.24) is 0 Å². The van der Waals surface area contributed by atoms with Gasteiger partial charge in [-0.15, -0.1) is 0 Å². The Morgan fingerprint density at radius 1 is 1.11 bits per heavy atom. The zero-order valence-corrected chi connectivity index (χ0v) is 15.2. The molecule has 1 atom stereocenters. The molecule has 0 amide bonds. The molecular weight excluding hydrogens is 358 g/mol. The summed E-state index contributed by atoms with van der Waals surface area (Å²) < 4.78 is 31.3. The number of hydrogen-bond donors (Lipinski definition) is 1. The van der Waals surface area contributed by atoms with Crippen LogP contribution in [0.15, 0.2) is 39.9 Å². The Morgan fingerprint density at radius 2 is 1.74 bits per heavy atom. The number of rotatable bonds is 10. The average molecular weight is 379 g/mol. The van der Waals surface area contributed by atoms with E-state index in [1.165, 1.54) is 21.3 Å². The fourth-order valence-electron chi connectivity index (χ4n) is 2.37. The summed E-state index contributed by atoms with van der Waals surface area (Å²) in [6.45, 7) is 0.0435. The molecule has 0 aliphatic heterocycles. The molecule has 0 bridgehead atoms. The molecule has 9 heteroatoms. The molecule has 1 unspecified atom stereocenters. The second kappa shape index (κ2) is 10.2. The maximum absolute atomic E-state index is 12.4. The molecule has 0 saturated carbocycles. The van der Waals surface area contributed by atoms with Gasteiger partial charge in [-0.25, -0.2) is 0 Å². The molecule has 0 spiro atoms. The molecule has 0 saturated heterocycles. The minimum atomic E-state index is -0.883. The van der Waals surface area contributed by atoms with Crippen LogP contribution in [0.4, 0.5) is 0 Å². The largest absolute Gasteiger partial charge is 0.468 e. The van der Waals surface area contributed by atoms with Gasteiger partial charge >= 0.3 is 5.97 Å². The van der Waals surface area contributed by atoms with Crippen LogP contribution in [-0.2, 0) is 19.0 Å². The van der Waals surface area contributed by atoms with Crippen LogP contribution in [0.25, 0.3) is 0 Å². The molecular formula is C18H21NO8. The van der Waals surface area contributed by atoms with Crippen LogP contribution in [0.1, 0.15) is 23.0 Å². The summed E-state index contributed by atoms with van der Waals surface area (Å²) in [5.74, 6) is 0.0174. The molecule has 27 heavy (non-hydrogen) atoms. The van der Waals surface area contributed by atoms with Crippen molar-refractivity contribution in [3.63, 3.8) is 0 Å². The summed E-state index contributed by atoms with van der Waals surface area (Å²) in [5, 5.41) is 11.5. The fourth-order valence-corrected chi connectivity index (χ4v) is 2.37.